The topological polar surface area (TPSA) is 92.0 Å². The monoisotopic (exact) mass is 324 g/mol. The van der Waals surface area contributed by atoms with Gasteiger partial charge >= 0.3 is 6.09 Å². The van der Waals surface area contributed by atoms with E-state index in [1.807, 2.05) is 20.8 Å². The first kappa shape index (κ1) is 17.4. The predicted octanol–water partition coefficient (Wildman–Crippen LogP) is 2.22. The molecular formula is C16H24N2O5. The number of amides is 1. The van der Waals surface area contributed by atoms with Crippen LogP contribution in [0.1, 0.15) is 32.6 Å². The number of hydrogen-bond donors (Lipinski definition) is 2. The molecule has 7 nitrogen and oxygen atoms in total. The Morgan fingerprint density at radius 3 is 2.70 bits per heavy atom. The van der Waals surface area contributed by atoms with E-state index in [-0.39, 0.29) is 0 Å². The van der Waals surface area contributed by atoms with Gasteiger partial charge in [-0.1, -0.05) is 0 Å². The van der Waals surface area contributed by atoms with E-state index in [1.54, 1.807) is 18.2 Å². The summed E-state index contributed by atoms with van der Waals surface area (Å²) in [6.45, 7) is 7.19. The minimum absolute atomic E-state index is 0.314. The van der Waals surface area contributed by atoms with Gasteiger partial charge in [-0.15, -0.1) is 0 Å². The molecule has 128 valence electrons. The Bertz CT molecular complexity index is 536. The lowest BCUT2D eigenvalue weighted by Gasteiger charge is -2.19. The summed E-state index contributed by atoms with van der Waals surface area (Å²) in [5.41, 5.74) is 6.76. The van der Waals surface area contributed by atoms with Crippen molar-refractivity contribution in [2.45, 2.75) is 32.7 Å². The van der Waals surface area contributed by atoms with Crippen molar-refractivity contribution in [3.63, 3.8) is 0 Å². The quantitative estimate of drug-likeness (QED) is 0.637. The Morgan fingerprint density at radius 2 is 2.04 bits per heavy atom. The summed E-state index contributed by atoms with van der Waals surface area (Å²) >= 11 is 0. The second-order valence-electron chi connectivity index (χ2n) is 6.14. The summed E-state index contributed by atoms with van der Waals surface area (Å²) in [6.07, 6.45) is -0.912. The zero-order valence-electron chi connectivity index (χ0n) is 13.8. The number of benzene rings is 1. The first-order valence-corrected chi connectivity index (χ1v) is 7.57. The number of rotatable bonds is 5. The fourth-order valence-corrected chi connectivity index (χ4v) is 2.02. The highest BCUT2D eigenvalue weighted by Crippen LogP contribution is 2.30. The van der Waals surface area contributed by atoms with Gasteiger partial charge in [0, 0.05) is 11.3 Å². The van der Waals surface area contributed by atoms with E-state index in [9.17, 15) is 4.79 Å². The summed E-state index contributed by atoms with van der Waals surface area (Å²) in [7, 11) is 0. The van der Waals surface area contributed by atoms with E-state index < -0.39 is 18.0 Å². The van der Waals surface area contributed by atoms with Gasteiger partial charge in [-0.2, -0.15) is 0 Å². The van der Waals surface area contributed by atoms with Crippen molar-refractivity contribution < 1.29 is 23.7 Å². The molecule has 1 amide bonds. The molecule has 3 N–H and O–H groups in total. The van der Waals surface area contributed by atoms with Crippen LogP contribution in [0.25, 0.3) is 0 Å². The molecule has 1 fully saturated rings. The average molecular weight is 324 g/mol. The third-order valence-corrected chi connectivity index (χ3v) is 2.97. The summed E-state index contributed by atoms with van der Waals surface area (Å²) < 4.78 is 21.6. The van der Waals surface area contributed by atoms with E-state index >= 15 is 0 Å². The highest BCUT2D eigenvalue weighted by Gasteiger charge is 2.21. The van der Waals surface area contributed by atoms with Crippen LogP contribution >= 0.6 is 0 Å². The fourth-order valence-electron chi connectivity index (χ4n) is 2.02. The van der Waals surface area contributed by atoms with Crippen molar-refractivity contribution >= 4 is 11.8 Å². The number of carbonyl (C=O) groups is 1. The van der Waals surface area contributed by atoms with Crippen molar-refractivity contribution in [2.24, 2.45) is 0 Å². The minimum atomic E-state index is -0.516. The van der Waals surface area contributed by atoms with E-state index in [4.69, 9.17) is 24.7 Å². The lowest BCUT2D eigenvalue weighted by molar-refractivity contribution is -0.0436. The molecule has 1 aromatic carbocycles. The first-order valence-electron chi connectivity index (χ1n) is 7.57. The van der Waals surface area contributed by atoms with Gasteiger partial charge in [0.25, 0.3) is 0 Å². The number of hydrogen-bond acceptors (Lipinski definition) is 6. The maximum Gasteiger partial charge on any atom is 0.407 e. The molecule has 23 heavy (non-hydrogen) atoms. The Morgan fingerprint density at radius 1 is 1.35 bits per heavy atom. The lowest BCUT2D eigenvalue weighted by atomic mass is 10.1. The molecule has 1 aliphatic heterocycles. The molecule has 0 atom stereocenters. The highest BCUT2D eigenvalue weighted by atomic mass is 16.7. The SMILES string of the molecule is CC(C)(C)OC(=O)NCCOc1ccc(N)c(C2OCCO2)c1. The summed E-state index contributed by atoms with van der Waals surface area (Å²) in [6, 6.07) is 5.30. The van der Waals surface area contributed by atoms with Crippen molar-refractivity contribution in [1.29, 1.82) is 0 Å². The minimum Gasteiger partial charge on any atom is -0.492 e. The van der Waals surface area contributed by atoms with Crippen LogP contribution in [0.15, 0.2) is 18.2 Å². The second-order valence-corrected chi connectivity index (χ2v) is 6.14. The van der Waals surface area contributed by atoms with Crippen LogP contribution in [0.3, 0.4) is 0 Å². The molecule has 2 rings (SSSR count). The average Bonchev–Trinajstić information content (AvgIpc) is 2.97. The maximum absolute atomic E-state index is 11.5. The van der Waals surface area contributed by atoms with Gasteiger partial charge in [-0.3, -0.25) is 0 Å². The number of ether oxygens (including phenoxy) is 4. The van der Waals surface area contributed by atoms with Gasteiger partial charge in [-0.05, 0) is 39.0 Å². The van der Waals surface area contributed by atoms with E-state index in [0.29, 0.717) is 37.8 Å². The van der Waals surface area contributed by atoms with E-state index in [2.05, 4.69) is 5.32 Å². The third-order valence-electron chi connectivity index (χ3n) is 2.97. The van der Waals surface area contributed by atoms with Gasteiger partial charge < -0.3 is 30.0 Å². The normalized spacial score (nSPS) is 15.4. The van der Waals surface area contributed by atoms with Gasteiger partial charge in [-0.25, -0.2) is 4.79 Å². The molecule has 0 unspecified atom stereocenters. The number of anilines is 1. The van der Waals surface area contributed by atoms with Crippen LogP contribution in [0.5, 0.6) is 5.75 Å². The number of nitrogens with one attached hydrogen (secondary N) is 1. The van der Waals surface area contributed by atoms with Crippen molar-refractivity contribution in [3.05, 3.63) is 23.8 Å². The Balaban J connectivity index is 1.80. The lowest BCUT2D eigenvalue weighted by Crippen LogP contribution is -2.34. The summed E-state index contributed by atoms with van der Waals surface area (Å²) in [4.78, 5) is 11.5. The Hall–Kier alpha value is -1.99. The molecule has 1 aromatic rings. The second kappa shape index (κ2) is 7.52. The largest absolute Gasteiger partial charge is 0.492 e. The molecule has 0 saturated carbocycles. The van der Waals surface area contributed by atoms with Gasteiger partial charge in [0.05, 0.1) is 19.8 Å². The van der Waals surface area contributed by atoms with Crippen LogP contribution in [0.4, 0.5) is 10.5 Å². The molecule has 1 heterocycles. The van der Waals surface area contributed by atoms with Crippen LogP contribution in [-0.4, -0.2) is 38.1 Å². The number of nitrogens with two attached hydrogens (primary N) is 1. The smallest absolute Gasteiger partial charge is 0.407 e. The van der Waals surface area contributed by atoms with Gasteiger partial charge in [0.2, 0.25) is 0 Å². The maximum atomic E-state index is 11.5. The van der Waals surface area contributed by atoms with Crippen LogP contribution < -0.4 is 15.8 Å². The summed E-state index contributed by atoms with van der Waals surface area (Å²) in [5.74, 6) is 0.638. The van der Waals surface area contributed by atoms with Crippen LogP contribution in [-0.2, 0) is 14.2 Å². The van der Waals surface area contributed by atoms with Crippen LogP contribution in [0.2, 0.25) is 0 Å². The molecule has 0 aromatic heterocycles. The summed E-state index contributed by atoms with van der Waals surface area (Å²) in [5, 5.41) is 2.63. The Labute approximate surface area is 136 Å². The standard InChI is InChI=1S/C16H24N2O5/c1-16(2,3)23-15(19)18-6-7-20-11-4-5-13(17)12(10-11)14-21-8-9-22-14/h4-5,10,14H,6-9,17H2,1-3H3,(H,18,19). The zero-order valence-corrected chi connectivity index (χ0v) is 13.8. The molecule has 0 bridgehead atoms. The van der Waals surface area contributed by atoms with Gasteiger partial charge in [0.15, 0.2) is 6.29 Å². The number of alkyl carbamates (subject to hydrolysis) is 1. The number of carbonyl (C=O) groups excluding carboxylic acids is 1. The first-order chi connectivity index (χ1) is 10.8. The molecule has 0 radical (unpaired) electrons. The number of nitrogen functional groups attached to an aromatic ring is 1. The van der Waals surface area contributed by atoms with E-state index in [1.165, 1.54) is 0 Å². The Kier molecular flexibility index (Phi) is 5.68. The predicted molar refractivity (Wildman–Crippen MR) is 85.2 cm³/mol. The highest BCUT2D eigenvalue weighted by molar-refractivity contribution is 5.67. The molecule has 0 aliphatic carbocycles. The zero-order chi connectivity index (χ0) is 16.9. The molecule has 1 saturated heterocycles. The molecule has 7 heteroatoms. The van der Waals surface area contributed by atoms with Crippen LogP contribution in [0, 0.1) is 0 Å². The third kappa shape index (κ3) is 5.61. The van der Waals surface area contributed by atoms with Crippen molar-refractivity contribution in [2.75, 3.05) is 32.1 Å². The molecule has 1 aliphatic rings. The van der Waals surface area contributed by atoms with Crippen molar-refractivity contribution in [1.82, 2.24) is 5.32 Å². The molecule has 0 spiro atoms. The van der Waals surface area contributed by atoms with Gasteiger partial charge in [0.1, 0.15) is 18.0 Å². The van der Waals surface area contributed by atoms with Crippen molar-refractivity contribution in [3.8, 4) is 5.75 Å². The molecular weight excluding hydrogens is 300 g/mol. The van der Waals surface area contributed by atoms with E-state index in [0.717, 1.165) is 5.56 Å². The fraction of sp³-hybridized carbons (Fsp3) is 0.562.